The summed E-state index contributed by atoms with van der Waals surface area (Å²) < 4.78 is 20.8. The Morgan fingerprint density at radius 2 is 1.67 bits per heavy atom. The van der Waals surface area contributed by atoms with Crippen molar-refractivity contribution in [3.05, 3.63) is 11.3 Å². The van der Waals surface area contributed by atoms with E-state index in [0.29, 0.717) is 12.8 Å². The zero-order valence-electron chi connectivity index (χ0n) is 10.6. The van der Waals surface area contributed by atoms with Gasteiger partial charge in [-0.2, -0.15) is 0 Å². The van der Waals surface area contributed by atoms with Crippen LogP contribution in [0, 0.1) is 11.8 Å². The number of esters is 2. The Morgan fingerprint density at radius 1 is 1.11 bits per heavy atom. The van der Waals surface area contributed by atoms with Crippen LogP contribution in [0.3, 0.4) is 0 Å². The van der Waals surface area contributed by atoms with Crippen LogP contribution in [-0.4, -0.2) is 42.1 Å². The molecule has 1 aliphatic heterocycles. The quantitative estimate of drug-likeness (QED) is 0.420. The summed E-state index contributed by atoms with van der Waals surface area (Å²) in [6.45, 7) is 0. The summed E-state index contributed by atoms with van der Waals surface area (Å²) in [5.74, 6) is -1.68. The zero-order chi connectivity index (χ0) is 13.3. The summed E-state index contributed by atoms with van der Waals surface area (Å²) in [6, 6.07) is 0. The first-order valence-corrected chi connectivity index (χ1v) is 7.41. The van der Waals surface area contributed by atoms with Crippen LogP contribution < -0.4 is 0 Å². The van der Waals surface area contributed by atoms with Gasteiger partial charge in [-0.15, -0.1) is 0 Å². The van der Waals surface area contributed by atoms with E-state index >= 15 is 0 Å². The fourth-order valence-electron chi connectivity index (χ4n) is 2.55. The van der Waals surface area contributed by atoms with Crippen LogP contribution in [0.5, 0.6) is 0 Å². The van der Waals surface area contributed by atoms with Gasteiger partial charge in [-0.25, -0.2) is 0 Å². The van der Waals surface area contributed by atoms with Crippen molar-refractivity contribution in [2.24, 2.45) is 11.8 Å². The number of fused-ring (bicyclic) bond motifs is 1. The van der Waals surface area contributed by atoms with Gasteiger partial charge in [0.05, 0.1) is 11.8 Å². The summed E-state index contributed by atoms with van der Waals surface area (Å²) >= 11 is 0. The Balaban J connectivity index is 2.25. The second kappa shape index (κ2) is 4.92. The van der Waals surface area contributed by atoms with Crippen LogP contribution in [0.2, 0.25) is 0 Å². The monoisotopic (exact) mass is 272 g/mol. The number of carbonyl (C=O) groups is 2. The minimum Gasteiger partial charge on any atom is -0.393 e. The molecule has 2 aliphatic rings. The van der Waals surface area contributed by atoms with Crippen LogP contribution >= 0.6 is 0 Å². The van der Waals surface area contributed by atoms with Crippen LogP contribution in [0.15, 0.2) is 11.3 Å². The number of ether oxygens (including phenoxy) is 1. The first kappa shape index (κ1) is 13.4. The molecule has 0 N–H and O–H groups in total. The molecule has 0 amide bonds. The second-order valence-corrected chi connectivity index (χ2v) is 7.27. The van der Waals surface area contributed by atoms with E-state index in [9.17, 15) is 9.59 Å². The van der Waals surface area contributed by atoms with Crippen molar-refractivity contribution in [3.63, 3.8) is 0 Å². The van der Waals surface area contributed by atoms with E-state index in [1.165, 1.54) is 21.3 Å². The molecule has 0 aromatic rings. The van der Waals surface area contributed by atoms with Crippen molar-refractivity contribution in [1.29, 1.82) is 0 Å². The van der Waals surface area contributed by atoms with Crippen LogP contribution in [0.4, 0.5) is 0 Å². The van der Waals surface area contributed by atoms with Crippen LogP contribution in [0.1, 0.15) is 12.8 Å². The second-order valence-electron chi connectivity index (χ2n) is 4.29. The van der Waals surface area contributed by atoms with Gasteiger partial charge < -0.3 is 18.0 Å². The lowest BCUT2D eigenvalue weighted by Crippen LogP contribution is -2.47. The number of cyclic esters (lactones) is 2. The number of rotatable bonds is 4. The van der Waals surface area contributed by atoms with E-state index in [0.717, 1.165) is 5.20 Å². The smallest absolute Gasteiger partial charge is 0.393 e. The van der Waals surface area contributed by atoms with Crippen molar-refractivity contribution < 1.29 is 27.6 Å². The lowest BCUT2D eigenvalue weighted by atomic mass is 9.85. The third kappa shape index (κ3) is 1.93. The number of hydrogen-bond acceptors (Lipinski definition) is 6. The summed E-state index contributed by atoms with van der Waals surface area (Å²) in [5, 5.41) is 0.836. The van der Waals surface area contributed by atoms with Crippen molar-refractivity contribution in [1.82, 2.24) is 0 Å². The lowest BCUT2D eigenvalue weighted by molar-refractivity contribution is -0.153. The van der Waals surface area contributed by atoms with Crippen molar-refractivity contribution in [2.75, 3.05) is 21.3 Å². The maximum Gasteiger partial charge on any atom is 0.531 e. The molecular weight excluding hydrogens is 256 g/mol. The highest BCUT2D eigenvalue weighted by Gasteiger charge is 2.52. The Morgan fingerprint density at radius 3 is 2.22 bits per heavy atom. The summed E-state index contributed by atoms with van der Waals surface area (Å²) in [4.78, 5) is 23.0. The van der Waals surface area contributed by atoms with Crippen LogP contribution in [0.25, 0.3) is 0 Å². The molecule has 1 aliphatic carbocycles. The molecule has 1 heterocycles. The van der Waals surface area contributed by atoms with E-state index in [2.05, 4.69) is 4.74 Å². The number of hydrogen-bond donors (Lipinski definition) is 0. The van der Waals surface area contributed by atoms with E-state index in [1.54, 1.807) is 0 Å². The maximum atomic E-state index is 11.6. The molecule has 0 bridgehead atoms. The molecule has 18 heavy (non-hydrogen) atoms. The average molecular weight is 272 g/mol. The Kier molecular flexibility index (Phi) is 3.67. The van der Waals surface area contributed by atoms with Gasteiger partial charge in [0.2, 0.25) is 0 Å². The lowest BCUT2D eigenvalue weighted by Gasteiger charge is -2.31. The fraction of sp³-hybridized carbons (Fsp3) is 0.636. The van der Waals surface area contributed by atoms with Gasteiger partial charge in [0.1, 0.15) is 0 Å². The number of allylic oxidation sites excluding steroid dienone is 2. The largest absolute Gasteiger partial charge is 0.531 e. The van der Waals surface area contributed by atoms with E-state index in [4.69, 9.17) is 13.3 Å². The average Bonchev–Trinajstić information content (AvgIpc) is 2.68. The van der Waals surface area contributed by atoms with Gasteiger partial charge in [-0.1, -0.05) is 6.08 Å². The van der Waals surface area contributed by atoms with E-state index < -0.39 is 26.7 Å². The van der Waals surface area contributed by atoms with Crippen molar-refractivity contribution in [3.8, 4) is 0 Å². The maximum absolute atomic E-state index is 11.6. The summed E-state index contributed by atoms with van der Waals surface area (Å²) in [5.41, 5.74) is 0. The first-order chi connectivity index (χ1) is 8.57. The highest BCUT2D eigenvalue weighted by atomic mass is 28.4. The molecule has 7 heteroatoms. The molecule has 0 radical (unpaired) electrons. The van der Waals surface area contributed by atoms with E-state index in [1.807, 2.05) is 6.08 Å². The Hall–Kier alpha value is -1.02. The van der Waals surface area contributed by atoms with Crippen molar-refractivity contribution >= 4 is 20.7 Å². The third-order valence-corrected chi connectivity index (χ3v) is 6.36. The molecule has 2 unspecified atom stereocenters. The SMILES string of the molecule is CO[Si](OC)(OC)C1=CCC2C(=O)OC(=O)C2C1. The first-order valence-electron chi connectivity index (χ1n) is 5.68. The zero-order valence-corrected chi connectivity index (χ0v) is 11.6. The minimum atomic E-state index is -2.89. The molecule has 1 fully saturated rings. The molecule has 0 aromatic carbocycles. The van der Waals surface area contributed by atoms with Gasteiger partial charge >= 0.3 is 20.7 Å². The molecule has 0 aromatic heterocycles. The van der Waals surface area contributed by atoms with Crippen LogP contribution in [-0.2, 0) is 27.6 Å². The van der Waals surface area contributed by atoms with Gasteiger partial charge in [0, 0.05) is 21.3 Å². The molecule has 6 nitrogen and oxygen atoms in total. The Bertz CT molecular complexity index is 392. The predicted molar refractivity (Wildman–Crippen MR) is 62.2 cm³/mol. The summed E-state index contributed by atoms with van der Waals surface area (Å²) in [7, 11) is 1.67. The summed E-state index contributed by atoms with van der Waals surface area (Å²) in [6.07, 6.45) is 2.75. The molecule has 100 valence electrons. The standard InChI is InChI=1S/C11H16O6Si/c1-14-18(15-2,16-3)7-4-5-8-9(6-7)11(13)17-10(8)12/h4,8-9H,5-6H2,1-3H3. The fourth-order valence-corrected chi connectivity index (χ4v) is 4.67. The normalized spacial score (nSPS) is 27.8. The van der Waals surface area contributed by atoms with Gasteiger partial charge in [-0.3, -0.25) is 9.59 Å². The highest BCUT2D eigenvalue weighted by molar-refractivity contribution is 6.68. The molecular formula is C11H16O6Si. The predicted octanol–water partition coefficient (Wildman–Crippen LogP) is 0.440. The Labute approximate surface area is 106 Å². The van der Waals surface area contributed by atoms with Gasteiger partial charge in [-0.05, 0) is 18.0 Å². The number of carbonyl (C=O) groups excluding carboxylic acids is 2. The molecule has 0 saturated carbocycles. The van der Waals surface area contributed by atoms with Crippen molar-refractivity contribution in [2.45, 2.75) is 12.8 Å². The molecule has 2 atom stereocenters. The topological polar surface area (TPSA) is 71.1 Å². The molecule has 1 saturated heterocycles. The molecule has 2 rings (SSSR count). The van der Waals surface area contributed by atoms with E-state index in [-0.39, 0.29) is 5.92 Å². The van der Waals surface area contributed by atoms with Gasteiger partial charge in [0.25, 0.3) is 0 Å². The van der Waals surface area contributed by atoms with Gasteiger partial charge in [0.15, 0.2) is 0 Å². The third-order valence-electron chi connectivity index (χ3n) is 3.55. The highest BCUT2D eigenvalue weighted by Crippen LogP contribution is 2.39. The molecule has 0 spiro atoms. The minimum absolute atomic E-state index is 0.362.